The van der Waals surface area contributed by atoms with Crippen LogP contribution in [0.15, 0.2) is 53.5 Å². The number of ether oxygens (including phenoxy) is 2. The molecular formula is C19H18N2O4. The molecule has 6 nitrogen and oxygen atoms in total. The minimum absolute atomic E-state index is 0.0568. The zero-order valence-electron chi connectivity index (χ0n) is 14.1. The van der Waals surface area contributed by atoms with Gasteiger partial charge in [0.05, 0.1) is 17.9 Å². The van der Waals surface area contributed by atoms with E-state index in [1.54, 1.807) is 31.5 Å². The number of fused-ring (bicyclic) bond motifs is 1. The van der Waals surface area contributed by atoms with Crippen molar-refractivity contribution in [1.29, 1.82) is 0 Å². The molecule has 3 rings (SSSR count). The molecule has 0 unspecified atom stereocenters. The van der Waals surface area contributed by atoms with Crippen LogP contribution in [-0.4, -0.2) is 22.5 Å². The third kappa shape index (κ3) is 3.75. The van der Waals surface area contributed by atoms with Crippen LogP contribution in [-0.2, 0) is 22.7 Å². The van der Waals surface area contributed by atoms with Crippen molar-refractivity contribution in [3.05, 3.63) is 81.4 Å². The molecule has 2 heterocycles. The van der Waals surface area contributed by atoms with E-state index in [4.69, 9.17) is 9.47 Å². The molecule has 0 saturated heterocycles. The van der Waals surface area contributed by atoms with Crippen molar-refractivity contribution in [1.82, 2.24) is 9.38 Å². The maximum absolute atomic E-state index is 12.1. The Morgan fingerprint density at radius 2 is 1.92 bits per heavy atom. The van der Waals surface area contributed by atoms with Crippen molar-refractivity contribution in [3.63, 3.8) is 0 Å². The van der Waals surface area contributed by atoms with E-state index in [0.29, 0.717) is 23.5 Å². The Hall–Kier alpha value is -2.99. The van der Waals surface area contributed by atoms with Crippen molar-refractivity contribution in [2.45, 2.75) is 20.1 Å². The predicted molar refractivity (Wildman–Crippen MR) is 92.5 cm³/mol. The number of aryl methyl sites for hydroxylation is 1. The Balaban J connectivity index is 1.75. The van der Waals surface area contributed by atoms with Gasteiger partial charge in [0.25, 0.3) is 5.56 Å². The summed E-state index contributed by atoms with van der Waals surface area (Å²) in [6.07, 6.45) is 1.66. The highest BCUT2D eigenvalue weighted by Crippen LogP contribution is 2.10. The number of hydrogen-bond donors (Lipinski definition) is 0. The van der Waals surface area contributed by atoms with Gasteiger partial charge in [0.2, 0.25) is 0 Å². The van der Waals surface area contributed by atoms with E-state index in [2.05, 4.69) is 4.98 Å². The van der Waals surface area contributed by atoms with Crippen molar-refractivity contribution < 1.29 is 14.3 Å². The maximum Gasteiger partial charge on any atom is 0.338 e. The van der Waals surface area contributed by atoms with Crippen LogP contribution in [0.2, 0.25) is 0 Å². The number of rotatable bonds is 5. The summed E-state index contributed by atoms with van der Waals surface area (Å²) in [6.45, 7) is 2.30. The van der Waals surface area contributed by atoms with Crippen LogP contribution < -0.4 is 5.56 Å². The molecule has 0 radical (unpaired) electrons. The molecule has 0 aliphatic carbocycles. The largest absolute Gasteiger partial charge is 0.456 e. The third-order valence-electron chi connectivity index (χ3n) is 3.79. The Bertz CT molecular complexity index is 961. The number of aromatic nitrogens is 2. The first-order chi connectivity index (χ1) is 12.1. The first-order valence-electron chi connectivity index (χ1n) is 7.81. The van der Waals surface area contributed by atoms with Crippen molar-refractivity contribution >= 4 is 11.6 Å². The van der Waals surface area contributed by atoms with Crippen LogP contribution in [0.1, 0.15) is 27.2 Å². The zero-order chi connectivity index (χ0) is 17.8. The molecule has 6 heteroatoms. The highest BCUT2D eigenvalue weighted by atomic mass is 16.5. The zero-order valence-corrected chi connectivity index (χ0v) is 14.1. The van der Waals surface area contributed by atoms with E-state index in [9.17, 15) is 9.59 Å². The van der Waals surface area contributed by atoms with Gasteiger partial charge >= 0.3 is 5.97 Å². The van der Waals surface area contributed by atoms with Gasteiger partial charge in [0, 0.05) is 19.4 Å². The van der Waals surface area contributed by atoms with Gasteiger partial charge in [0.15, 0.2) is 0 Å². The van der Waals surface area contributed by atoms with Crippen LogP contribution in [0.3, 0.4) is 0 Å². The van der Waals surface area contributed by atoms with Crippen LogP contribution in [0, 0.1) is 6.92 Å². The number of methoxy groups -OCH3 is 1. The molecule has 0 fully saturated rings. The minimum atomic E-state index is -0.462. The summed E-state index contributed by atoms with van der Waals surface area (Å²) in [5.41, 5.74) is 3.06. The fourth-order valence-electron chi connectivity index (χ4n) is 2.51. The second-order valence-electron chi connectivity index (χ2n) is 5.68. The Morgan fingerprint density at radius 3 is 2.64 bits per heavy atom. The highest BCUT2D eigenvalue weighted by Gasteiger charge is 2.10. The van der Waals surface area contributed by atoms with Gasteiger partial charge in [-0.1, -0.05) is 18.2 Å². The third-order valence-corrected chi connectivity index (χ3v) is 3.79. The molecule has 0 N–H and O–H groups in total. The van der Waals surface area contributed by atoms with Gasteiger partial charge in [-0.15, -0.1) is 0 Å². The smallest absolute Gasteiger partial charge is 0.338 e. The van der Waals surface area contributed by atoms with Crippen LogP contribution in [0.4, 0.5) is 0 Å². The van der Waals surface area contributed by atoms with Gasteiger partial charge in [-0.3, -0.25) is 9.20 Å². The summed E-state index contributed by atoms with van der Waals surface area (Å²) in [6, 6.07) is 12.0. The van der Waals surface area contributed by atoms with Crippen LogP contribution in [0.25, 0.3) is 5.65 Å². The van der Waals surface area contributed by atoms with Crippen molar-refractivity contribution in [2.24, 2.45) is 0 Å². The number of carbonyl (C=O) groups excluding carboxylic acids is 1. The average Bonchev–Trinajstić information content (AvgIpc) is 2.61. The van der Waals surface area contributed by atoms with E-state index in [1.807, 2.05) is 25.1 Å². The lowest BCUT2D eigenvalue weighted by molar-refractivity contribution is 0.0467. The molecule has 128 valence electrons. The van der Waals surface area contributed by atoms with Gasteiger partial charge in [-0.05, 0) is 36.2 Å². The molecule has 1 aromatic carbocycles. The fraction of sp³-hybridized carbons (Fsp3) is 0.211. The molecular weight excluding hydrogens is 320 g/mol. The Kier molecular flexibility index (Phi) is 4.90. The molecule has 3 aromatic rings. The Labute approximate surface area is 144 Å². The summed E-state index contributed by atoms with van der Waals surface area (Å²) >= 11 is 0. The second kappa shape index (κ2) is 7.27. The number of nitrogens with zero attached hydrogens (tertiary/aromatic N) is 2. The topological polar surface area (TPSA) is 69.9 Å². The van der Waals surface area contributed by atoms with E-state index < -0.39 is 5.97 Å². The lowest BCUT2D eigenvalue weighted by Crippen LogP contribution is -2.17. The quantitative estimate of drug-likeness (QED) is 0.669. The number of benzene rings is 1. The van der Waals surface area contributed by atoms with Crippen LogP contribution in [0.5, 0.6) is 0 Å². The molecule has 0 bridgehead atoms. The SMILES string of the molecule is COCc1ccc(C(=O)OCc2cc(=O)n3cccc(C)c3n2)cc1. The summed E-state index contributed by atoms with van der Waals surface area (Å²) < 4.78 is 11.8. The summed E-state index contributed by atoms with van der Waals surface area (Å²) in [5, 5.41) is 0. The van der Waals surface area contributed by atoms with Gasteiger partial charge < -0.3 is 9.47 Å². The number of pyridine rings is 1. The van der Waals surface area contributed by atoms with E-state index >= 15 is 0 Å². The first kappa shape index (κ1) is 16.9. The summed E-state index contributed by atoms with van der Waals surface area (Å²) in [5.74, 6) is -0.462. The second-order valence-corrected chi connectivity index (χ2v) is 5.68. The monoisotopic (exact) mass is 338 g/mol. The number of carbonyl (C=O) groups is 1. The maximum atomic E-state index is 12.1. The lowest BCUT2D eigenvalue weighted by Gasteiger charge is -2.08. The number of esters is 1. The van der Waals surface area contributed by atoms with Crippen molar-refractivity contribution in [3.8, 4) is 0 Å². The van der Waals surface area contributed by atoms with Gasteiger partial charge in [-0.2, -0.15) is 0 Å². The molecule has 0 amide bonds. The molecule has 0 aliphatic rings. The normalized spacial score (nSPS) is 10.8. The predicted octanol–water partition coefficient (Wildman–Crippen LogP) is 2.51. The van der Waals surface area contributed by atoms with Gasteiger partial charge in [0.1, 0.15) is 12.3 Å². The van der Waals surface area contributed by atoms with E-state index in [-0.39, 0.29) is 12.2 Å². The minimum Gasteiger partial charge on any atom is -0.456 e. The van der Waals surface area contributed by atoms with E-state index in [0.717, 1.165) is 11.1 Å². The standard InChI is InChI=1S/C19H18N2O4/c1-13-4-3-9-21-17(22)10-16(20-18(13)21)12-25-19(23)15-7-5-14(6-8-15)11-24-2/h3-10H,11-12H2,1-2H3. The highest BCUT2D eigenvalue weighted by molar-refractivity contribution is 5.89. The molecule has 0 spiro atoms. The van der Waals surface area contributed by atoms with Crippen LogP contribution >= 0.6 is 0 Å². The number of hydrogen-bond acceptors (Lipinski definition) is 5. The average molecular weight is 338 g/mol. The molecule has 0 saturated carbocycles. The molecule has 0 atom stereocenters. The summed E-state index contributed by atoms with van der Waals surface area (Å²) in [4.78, 5) is 28.7. The molecule has 25 heavy (non-hydrogen) atoms. The fourth-order valence-corrected chi connectivity index (χ4v) is 2.51. The molecule has 0 aliphatic heterocycles. The van der Waals surface area contributed by atoms with E-state index in [1.165, 1.54) is 10.5 Å². The summed E-state index contributed by atoms with van der Waals surface area (Å²) in [7, 11) is 1.61. The van der Waals surface area contributed by atoms with Gasteiger partial charge in [-0.25, -0.2) is 9.78 Å². The Morgan fingerprint density at radius 1 is 1.16 bits per heavy atom. The van der Waals surface area contributed by atoms with Crippen molar-refractivity contribution in [2.75, 3.05) is 7.11 Å². The molecule has 2 aromatic heterocycles. The lowest BCUT2D eigenvalue weighted by atomic mass is 10.1. The first-order valence-corrected chi connectivity index (χ1v) is 7.81.